The third-order valence-corrected chi connectivity index (χ3v) is 15.2. The number of halogens is 10. The number of piperazine rings is 1. The summed E-state index contributed by atoms with van der Waals surface area (Å²) in [7, 11) is 0.813. The maximum absolute atomic E-state index is 16.0. The van der Waals surface area contributed by atoms with Crippen molar-refractivity contribution in [1.82, 2.24) is 46.0 Å². The predicted molar refractivity (Wildman–Crippen MR) is 274 cm³/mol. The van der Waals surface area contributed by atoms with Crippen LogP contribution in [0.4, 0.5) is 59.3 Å². The molecule has 6 N–H and O–H groups in total. The summed E-state index contributed by atoms with van der Waals surface area (Å²) in [6.45, 7) is 3.07. The first-order valence-corrected chi connectivity index (χ1v) is 25.8. The lowest BCUT2D eigenvalue weighted by molar-refractivity contribution is -0.221. The zero-order chi connectivity index (χ0) is 60.3. The molecule has 82 heavy (non-hydrogen) atoms. The van der Waals surface area contributed by atoms with Crippen molar-refractivity contribution in [3.05, 3.63) is 101 Å². The number of ether oxygens (including phenoxy) is 2. The second-order valence-corrected chi connectivity index (χ2v) is 22.2. The molecule has 2 bridgehead atoms. The van der Waals surface area contributed by atoms with Crippen molar-refractivity contribution in [2.75, 3.05) is 51.4 Å². The van der Waals surface area contributed by atoms with Crippen LogP contribution in [0.3, 0.4) is 0 Å². The number of pyridine rings is 1. The molecule has 3 aliphatic rings. The summed E-state index contributed by atoms with van der Waals surface area (Å²) in [5.41, 5.74) is -4.30. The molecule has 6 unspecified atom stereocenters. The van der Waals surface area contributed by atoms with E-state index < -0.39 is 115 Å². The second kappa shape index (κ2) is 24.7. The highest BCUT2D eigenvalue weighted by molar-refractivity contribution is 5.87. The first kappa shape index (κ1) is 62.4. The number of hydrogen-bond acceptors (Lipinski definition) is 12. The number of benzene rings is 2. The summed E-state index contributed by atoms with van der Waals surface area (Å²) in [6, 6.07) is 4.94. The Morgan fingerprint density at radius 3 is 1.90 bits per heavy atom. The molecule has 0 radical (unpaired) electrons. The minimum atomic E-state index is -5.28. The fourth-order valence-electron chi connectivity index (χ4n) is 9.94. The molecular weight excluding hydrogens is 1110 g/mol. The number of alkyl carbamates (subject to hydrolysis) is 1. The summed E-state index contributed by atoms with van der Waals surface area (Å²) in [4.78, 5) is 61.7. The molecule has 4 amide bonds. The van der Waals surface area contributed by atoms with Crippen molar-refractivity contribution in [3.8, 4) is 23.0 Å². The van der Waals surface area contributed by atoms with Crippen molar-refractivity contribution in [2.24, 2.45) is 16.2 Å². The van der Waals surface area contributed by atoms with Crippen molar-refractivity contribution < 1.29 is 82.8 Å². The lowest BCUT2D eigenvalue weighted by Crippen LogP contribution is -2.63. The summed E-state index contributed by atoms with van der Waals surface area (Å²) < 4.78 is 156. The molecule has 0 aliphatic carbocycles. The van der Waals surface area contributed by atoms with Crippen LogP contribution in [0.15, 0.2) is 67.1 Å². The maximum atomic E-state index is 16.0. The van der Waals surface area contributed by atoms with Gasteiger partial charge in [-0.15, -0.1) is 0 Å². The van der Waals surface area contributed by atoms with E-state index in [1.807, 2.05) is 22.9 Å². The van der Waals surface area contributed by atoms with Crippen LogP contribution in [-0.2, 0) is 32.0 Å². The number of aliphatic hydroxyl groups is 1. The number of alkyl halides is 8. The van der Waals surface area contributed by atoms with Gasteiger partial charge in [0.2, 0.25) is 5.91 Å². The molecule has 28 heteroatoms. The highest BCUT2D eigenvalue weighted by Gasteiger charge is 2.57. The molecule has 3 aliphatic heterocycles. The maximum Gasteiger partial charge on any atom is 0.407 e. The molecule has 3 fully saturated rings. The summed E-state index contributed by atoms with van der Waals surface area (Å²) in [5.74, 6) is 0.659. The van der Waals surface area contributed by atoms with Gasteiger partial charge < -0.3 is 40.5 Å². The zero-order valence-corrected chi connectivity index (χ0v) is 45.3. The Labute approximate surface area is 464 Å². The highest BCUT2D eigenvalue weighted by atomic mass is 19.4. The first-order chi connectivity index (χ1) is 38.3. The van der Waals surface area contributed by atoms with Gasteiger partial charge in [-0.05, 0) is 94.5 Å². The third-order valence-electron chi connectivity index (χ3n) is 15.2. The molecule has 18 nitrogen and oxygen atoms in total. The Morgan fingerprint density at radius 1 is 0.829 bits per heavy atom. The van der Waals surface area contributed by atoms with Crippen LogP contribution in [0, 0.1) is 39.7 Å². The van der Waals surface area contributed by atoms with E-state index in [9.17, 15) is 64.5 Å². The molecule has 5 heterocycles. The van der Waals surface area contributed by atoms with E-state index in [4.69, 9.17) is 9.72 Å². The SMILES string of the molecule is COC(=O)NC(C(=O)NC(Cc1ccc(C#Cc2ccc(N3CC4CCC(C3)N4CC3(C)COC3)nc2)cc1)C(O)CN(Cc1c(F)cc(-c2cnn(C(F)F)c2)cc1F)NC(=O)C(NC(=O)O)C(C)(C)C(F)(F)F)C(C)(C)C(F)(F)F. The summed E-state index contributed by atoms with van der Waals surface area (Å²) in [6.07, 6.45) is -11.2. The Kier molecular flexibility index (Phi) is 18.8. The van der Waals surface area contributed by atoms with Gasteiger partial charge in [0.15, 0.2) is 0 Å². The number of nitrogens with one attached hydrogen (secondary N) is 4. The average molecular weight is 1170 g/mol. The lowest BCUT2D eigenvalue weighted by Gasteiger charge is -2.48. The number of carboxylic acid groups (broad SMARTS) is 1. The number of aliphatic hydroxyl groups excluding tert-OH is 1. The third kappa shape index (κ3) is 14.5. The fraction of sp³-hybridized carbons (Fsp3) is 0.519. The number of nitrogens with zero attached hydrogens (tertiary/aromatic N) is 6. The van der Waals surface area contributed by atoms with E-state index in [-0.39, 0.29) is 26.8 Å². The molecular formula is C54H62F10N10O8. The molecule has 446 valence electrons. The van der Waals surface area contributed by atoms with E-state index in [0.29, 0.717) is 68.0 Å². The van der Waals surface area contributed by atoms with Gasteiger partial charge >= 0.3 is 31.1 Å². The van der Waals surface area contributed by atoms with Gasteiger partial charge in [-0.3, -0.25) is 19.9 Å². The summed E-state index contributed by atoms with van der Waals surface area (Å²) >= 11 is 0. The Bertz CT molecular complexity index is 2960. The van der Waals surface area contributed by atoms with Gasteiger partial charge in [0, 0.05) is 84.9 Å². The van der Waals surface area contributed by atoms with Crippen molar-refractivity contribution in [1.29, 1.82) is 0 Å². The number of hydrogen-bond donors (Lipinski definition) is 6. The van der Waals surface area contributed by atoms with E-state index in [1.54, 1.807) is 6.20 Å². The standard InChI is InChI=1S/C54H62F10N10O8/c1-50(2,53(59,60)61)43(69-49(80)81-6)45(76)67-40(17-31-10-7-30(8-11-31)9-12-32-13-16-42(65-20-32)71-23-35-14-15-36(24-71)73(35)27-52(5)28-82-29-52)41(75)26-72(70-46(77)44(68-48(78)79)51(3,4)54(62,63)64)25-37-38(55)18-33(19-39(37)56)34-21-66-74(22-34)47(57)58/h7-8,10-11,13,16,18-22,35-36,40-41,43-44,47,68,75H,14-15,17,23-29H2,1-6H3,(H,67,76)(H,69,80)(H,70,77)(H,78,79). The van der Waals surface area contributed by atoms with Gasteiger partial charge in [-0.1, -0.05) is 30.9 Å². The van der Waals surface area contributed by atoms with Crippen LogP contribution >= 0.6 is 0 Å². The lowest BCUT2D eigenvalue weighted by atomic mass is 9.82. The van der Waals surface area contributed by atoms with E-state index in [0.717, 1.165) is 71.0 Å². The van der Waals surface area contributed by atoms with E-state index in [2.05, 4.69) is 43.7 Å². The number of amides is 4. The minimum Gasteiger partial charge on any atom is -0.465 e. The van der Waals surface area contributed by atoms with E-state index >= 15 is 8.78 Å². The number of carbonyl (C=O) groups excluding carboxylic acids is 3. The number of anilines is 1. The molecule has 3 saturated heterocycles. The number of rotatable bonds is 20. The van der Waals surface area contributed by atoms with Crippen LogP contribution in [0.5, 0.6) is 0 Å². The Morgan fingerprint density at radius 2 is 1.40 bits per heavy atom. The molecule has 4 aromatic rings. The van der Waals surface area contributed by atoms with E-state index in [1.165, 1.54) is 29.6 Å². The van der Waals surface area contributed by atoms with Crippen molar-refractivity contribution in [2.45, 2.75) is 116 Å². The molecule has 0 spiro atoms. The smallest absolute Gasteiger partial charge is 0.407 e. The Hall–Kier alpha value is -7.22. The topological polar surface area (TPSA) is 216 Å². The normalized spacial score (nSPS) is 18.8. The van der Waals surface area contributed by atoms with Gasteiger partial charge in [0.25, 0.3) is 5.91 Å². The van der Waals surface area contributed by atoms with Crippen LogP contribution in [0.25, 0.3) is 11.1 Å². The van der Waals surface area contributed by atoms with Gasteiger partial charge in [0.1, 0.15) is 29.5 Å². The number of carbonyl (C=O) groups is 4. The average Bonchev–Trinajstić information content (AvgIpc) is 4.00. The highest BCUT2D eigenvalue weighted by Crippen LogP contribution is 2.42. The quantitative estimate of drug-likeness (QED) is 0.0295. The number of methoxy groups -OCH3 is 1. The van der Waals surface area contributed by atoms with Crippen molar-refractivity contribution >= 4 is 29.8 Å². The predicted octanol–water partition coefficient (Wildman–Crippen LogP) is 7.17. The minimum absolute atomic E-state index is 0.166. The fourth-order valence-corrected chi connectivity index (χ4v) is 9.94. The first-order valence-electron chi connectivity index (χ1n) is 25.8. The largest absolute Gasteiger partial charge is 0.465 e. The van der Waals surface area contributed by atoms with Gasteiger partial charge in [-0.2, -0.15) is 40.2 Å². The van der Waals surface area contributed by atoms with Crippen LogP contribution in [0.2, 0.25) is 0 Å². The number of hydrazine groups is 1. The van der Waals surface area contributed by atoms with Crippen LogP contribution in [-0.4, -0.2) is 154 Å². The van der Waals surface area contributed by atoms with Crippen LogP contribution < -0.4 is 26.3 Å². The second-order valence-electron chi connectivity index (χ2n) is 22.2. The Balaban J connectivity index is 1.16. The molecule has 0 saturated carbocycles. The molecule has 2 aromatic carbocycles. The number of fused-ring (bicyclic) bond motifs is 2. The monoisotopic (exact) mass is 1170 g/mol. The zero-order valence-electron chi connectivity index (χ0n) is 45.3. The molecule has 2 aromatic heterocycles. The van der Waals surface area contributed by atoms with Gasteiger partial charge in [0.05, 0.1) is 49.5 Å². The number of aromatic nitrogens is 3. The van der Waals surface area contributed by atoms with Crippen molar-refractivity contribution in [3.63, 3.8) is 0 Å². The molecule has 6 atom stereocenters. The van der Waals surface area contributed by atoms with Crippen LogP contribution in [0.1, 0.15) is 76.3 Å². The summed E-state index contributed by atoms with van der Waals surface area (Å²) in [5, 5.41) is 31.0. The van der Waals surface area contributed by atoms with Gasteiger partial charge in [-0.25, -0.2) is 33.0 Å². The molecule has 7 rings (SSSR count).